The van der Waals surface area contributed by atoms with E-state index in [4.69, 9.17) is 9.16 Å². The predicted molar refractivity (Wildman–Crippen MR) is 126 cm³/mol. The highest BCUT2D eigenvalue weighted by atomic mass is 28.4. The third-order valence-electron chi connectivity index (χ3n) is 6.35. The lowest BCUT2D eigenvalue weighted by Crippen LogP contribution is -2.67. The van der Waals surface area contributed by atoms with Gasteiger partial charge >= 0.3 is 5.97 Å². The molecule has 3 rings (SSSR count). The summed E-state index contributed by atoms with van der Waals surface area (Å²) >= 11 is 0. The van der Waals surface area contributed by atoms with Crippen molar-refractivity contribution >= 4 is 30.4 Å². The third-order valence-corrected chi connectivity index (χ3v) is 11.3. The van der Waals surface area contributed by atoms with Gasteiger partial charge in [-0.3, -0.25) is 4.79 Å². The van der Waals surface area contributed by atoms with Gasteiger partial charge in [-0.05, 0) is 47.0 Å². The SMILES string of the molecule is CCOC(=O)C(=O)CCC1(CO[Si](c2ccccc2)(c2ccccc2)C(C)(C)C)CC1. The van der Waals surface area contributed by atoms with Crippen molar-refractivity contribution in [1.82, 2.24) is 0 Å². The molecule has 0 atom stereocenters. The second kappa shape index (κ2) is 9.49. The molecule has 0 aliphatic heterocycles. The van der Waals surface area contributed by atoms with Crippen molar-refractivity contribution < 1.29 is 18.8 Å². The van der Waals surface area contributed by atoms with E-state index in [0.29, 0.717) is 13.0 Å². The van der Waals surface area contributed by atoms with Crippen LogP contribution in [-0.2, 0) is 18.8 Å². The van der Waals surface area contributed by atoms with E-state index in [0.717, 1.165) is 12.8 Å². The average Bonchev–Trinajstić information content (AvgIpc) is 3.53. The Hall–Kier alpha value is -2.24. The minimum absolute atomic E-state index is 0.0186. The van der Waals surface area contributed by atoms with Gasteiger partial charge in [-0.2, -0.15) is 0 Å². The smallest absolute Gasteiger partial charge is 0.374 e. The number of Topliss-reactive ketones (excluding diaryl/α,β-unsaturated/α-hetero) is 1. The number of carbonyl (C=O) groups excluding carboxylic acids is 2. The Balaban J connectivity index is 1.85. The number of rotatable bonds is 10. The Morgan fingerprint density at radius 3 is 1.87 bits per heavy atom. The lowest BCUT2D eigenvalue weighted by Gasteiger charge is -2.44. The van der Waals surface area contributed by atoms with Gasteiger partial charge in [-0.15, -0.1) is 0 Å². The number of hydrogen-bond donors (Lipinski definition) is 0. The molecule has 2 aromatic rings. The molecule has 1 saturated carbocycles. The van der Waals surface area contributed by atoms with Crippen molar-refractivity contribution in [2.75, 3.05) is 13.2 Å². The third kappa shape index (κ3) is 5.16. The number of ketones is 1. The van der Waals surface area contributed by atoms with E-state index < -0.39 is 20.1 Å². The molecule has 31 heavy (non-hydrogen) atoms. The average molecular weight is 439 g/mol. The van der Waals surface area contributed by atoms with Gasteiger partial charge in [-0.25, -0.2) is 4.79 Å². The van der Waals surface area contributed by atoms with Crippen molar-refractivity contribution in [1.29, 1.82) is 0 Å². The first-order chi connectivity index (χ1) is 14.7. The summed E-state index contributed by atoms with van der Waals surface area (Å²) in [4.78, 5) is 23.8. The first-order valence-electron chi connectivity index (χ1n) is 11.2. The molecule has 0 N–H and O–H groups in total. The quantitative estimate of drug-likeness (QED) is 0.316. The molecule has 0 aromatic heterocycles. The maximum absolute atomic E-state index is 12.1. The fourth-order valence-electron chi connectivity index (χ4n) is 4.36. The summed E-state index contributed by atoms with van der Waals surface area (Å²) in [5.41, 5.74) is -0.0186. The standard InChI is InChI=1S/C26H34O4Si/c1-5-29-24(28)23(27)16-17-26(18-19-26)20-30-31(25(2,3)4,21-12-8-6-9-13-21)22-14-10-7-11-15-22/h6-15H,5,16-20H2,1-4H3. The molecule has 2 aromatic carbocycles. The van der Waals surface area contributed by atoms with Crippen molar-refractivity contribution in [3.8, 4) is 0 Å². The van der Waals surface area contributed by atoms with Gasteiger partial charge in [0, 0.05) is 13.0 Å². The van der Waals surface area contributed by atoms with Crippen LogP contribution in [-0.4, -0.2) is 33.3 Å². The van der Waals surface area contributed by atoms with Crippen LogP contribution >= 0.6 is 0 Å². The topological polar surface area (TPSA) is 52.6 Å². The van der Waals surface area contributed by atoms with Crippen molar-refractivity contribution in [2.45, 2.75) is 58.4 Å². The van der Waals surface area contributed by atoms with E-state index in [-0.39, 0.29) is 23.5 Å². The van der Waals surface area contributed by atoms with E-state index in [9.17, 15) is 9.59 Å². The minimum atomic E-state index is -2.59. The summed E-state index contributed by atoms with van der Waals surface area (Å²) in [7, 11) is -2.59. The fourth-order valence-corrected chi connectivity index (χ4v) is 9.04. The van der Waals surface area contributed by atoms with Gasteiger partial charge in [-0.1, -0.05) is 81.4 Å². The van der Waals surface area contributed by atoms with Gasteiger partial charge < -0.3 is 9.16 Å². The molecule has 5 heteroatoms. The Kier molecular flexibility index (Phi) is 7.17. The molecular weight excluding hydrogens is 404 g/mol. The Morgan fingerprint density at radius 1 is 0.935 bits per heavy atom. The molecule has 0 heterocycles. The zero-order chi connectivity index (χ0) is 22.5. The molecule has 1 aliphatic carbocycles. The van der Waals surface area contributed by atoms with Crippen molar-refractivity contribution in [3.05, 3.63) is 60.7 Å². The molecule has 0 spiro atoms. The van der Waals surface area contributed by atoms with Crippen LogP contribution in [0, 0.1) is 5.41 Å². The zero-order valence-electron chi connectivity index (χ0n) is 19.1. The molecular formula is C26H34O4Si. The highest BCUT2D eigenvalue weighted by Crippen LogP contribution is 2.51. The first-order valence-corrected chi connectivity index (χ1v) is 13.1. The van der Waals surface area contributed by atoms with Crippen LogP contribution in [0.15, 0.2) is 60.7 Å². The monoisotopic (exact) mass is 438 g/mol. The Morgan fingerprint density at radius 2 is 1.45 bits per heavy atom. The largest absolute Gasteiger partial charge is 0.460 e. The van der Waals surface area contributed by atoms with Crippen LogP contribution in [0.25, 0.3) is 0 Å². The summed E-state index contributed by atoms with van der Waals surface area (Å²) in [5, 5.41) is 2.44. The second-order valence-corrected chi connectivity index (χ2v) is 13.9. The molecule has 0 radical (unpaired) electrons. The van der Waals surface area contributed by atoms with Gasteiger partial charge in [0.2, 0.25) is 5.78 Å². The molecule has 166 valence electrons. The molecule has 0 saturated heterocycles. The lowest BCUT2D eigenvalue weighted by molar-refractivity contribution is -0.153. The summed E-state index contributed by atoms with van der Waals surface area (Å²) in [6.45, 7) is 9.35. The van der Waals surface area contributed by atoms with Crippen LogP contribution in [0.5, 0.6) is 0 Å². The molecule has 1 fully saturated rings. The maximum atomic E-state index is 12.1. The van der Waals surface area contributed by atoms with E-state index in [2.05, 4.69) is 69.3 Å². The van der Waals surface area contributed by atoms with E-state index in [1.807, 2.05) is 12.1 Å². The van der Waals surface area contributed by atoms with Crippen LogP contribution < -0.4 is 10.4 Å². The summed E-state index contributed by atoms with van der Waals surface area (Å²) < 4.78 is 11.9. The number of carbonyl (C=O) groups is 2. The fraction of sp³-hybridized carbons (Fsp3) is 0.462. The predicted octanol–water partition coefficient (Wildman–Crippen LogP) is 4.26. The summed E-state index contributed by atoms with van der Waals surface area (Å²) in [6, 6.07) is 21.2. The van der Waals surface area contributed by atoms with E-state index >= 15 is 0 Å². The highest BCUT2D eigenvalue weighted by Gasteiger charge is 2.53. The molecule has 4 nitrogen and oxygen atoms in total. The van der Waals surface area contributed by atoms with Crippen molar-refractivity contribution in [3.63, 3.8) is 0 Å². The second-order valence-electron chi connectivity index (χ2n) is 9.60. The van der Waals surface area contributed by atoms with Gasteiger partial charge in [0.1, 0.15) is 0 Å². The molecule has 0 unspecified atom stereocenters. The summed E-state index contributed by atoms with van der Waals surface area (Å²) in [5.74, 6) is -1.15. The van der Waals surface area contributed by atoms with Crippen LogP contribution in [0.2, 0.25) is 5.04 Å². The minimum Gasteiger partial charge on any atom is -0.460 e. The van der Waals surface area contributed by atoms with Crippen LogP contribution in [0.1, 0.15) is 53.4 Å². The molecule has 1 aliphatic rings. The van der Waals surface area contributed by atoms with Gasteiger partial charge in [0.15, 0.2) is 0 Å². The normalized spacial score (nSPS) is 15.4. The van der Waals surface area contributed by atoms with E-state index in [1.165, 1.54) is 10.4 Å². The number of hydrogen-bond acceptors (Lipinski definition) is 4. The highest BCUT2D eigenvalue weighted by molar-refractivity contribution is 6.99. The van der Waals surface area contributed by atoms with Crippen LogP contribution in [0.4, 0.5) is 0 Å². The maximum Gasteiger partial charge on any atom is 0.374 e. The Bertz CT molecular complexity index is 843. The lowest BCUT2D eigenvalue weighted by atomic mass is 10.00. The van der Waals surface area contributed by atoms with Crippen molar-refractivity contribution in [2.24, 2.45) is 5.41 Å². The number of benzene rings is 2. The van der Waals surface area contributed by atoms with Gasteiger partial charge in [0.05, 0.1) is 6.61 Å². The number of ether oxygens (including phenoxy) is 1. The first kappa shape index (κ1) is 23.4. The van der Waals surface area contributed by atoms with Crippen LogP contribution in [0.3, 0.4) is 0 Å². The van der Waals surface area contributed by atoms with Gasteiger partial charge in [0.25, 0.3) is 8.32 Å². The van der Waals surface area contributed by atoms with E-state index in [1.54, 1.807) is 6.92 Å². The Labute approximate surface area is 187 Å². The summed E-state index contributed by atoms with van der Waals surface area (Å²) in [6.07, 6.45) is 2.95. The molecule has 0 bridgehead atoms. The molecule has 0 amide bonds. The number of esters is 1. The zero-order valence-corrected chi connectivity index (χ0v) is 20.1.